The van der Waals surface area contributed by atoms with Crippen molar-refractivity contribution < 1.29 is 0 Å². The molecule has 2 aromatic carbocycles. The number of unbranched alkanes of at least 4 members (excludes halogenated alkanes) is 2. The molecule has 132 valence electrons. The fourth-order valence-corrected chi connectivity index (χ4v) is 3.53. The van der Waals surface area contributed by atoms with Crippen LogP contribution in [0.15, 0.2) is 41.4 Å². The second-order valence-corrected chi connectivity index (χ2v) is 7.22. The fraction of sp³-hybridized carbons (Fsp3) is 0.286. The van der Waals surface area contributed by atoms with E-state index in [-0.39, 0.29) is 0 Å². The molecule has 0 unspecified atom stereocenters. The number of halogens is 1. The van der Waals surface area contributed by atoms with Gasteiger partial charge in [0.2, 0.25) is 0 Å². The highest BCUT2D eigenvalue weighted by molar-refractivity contribution is 7.80. The van der Waals surface area contributed by atoms with Crippen molar-refractivity contribution in [2.24, 2.45) is 4.99 Å². The molecule has 0 fully saturated rings. The minimum Gasteiger partial charge on any atom is -0.348 e. The van der Waals surface area contributed by atoms with Crippen LogP contribution in [0.4, 0.5) is 5.69 Å². The number of fused-ring (bicyclic) bond motifs is 1. The topological polar surface area (TPSA) is 48.2 Å². The molecule has 0 aromatic heterocycles. The zero-order valence-electron chi connectivity index (χ0n) is 14.7. The summed E-state index contributed by atoms with van der Waals surface area (Å²) in [6.45, 7) is 2.58. The number of thiocarbonyl (C=S) groups is 1. The molecular weight excluding hydrogens is 362 g/mol. The van der Waals surface area contributed by atoms with Crippen molar-refractivity contribution in [1.82, 2.24) is 0 Å². The summed E-state index contributed by atoms with van der Waals surface area (Å²) in [5, 5.41) is 13.6. The highest BCUT2D eigenvalue weighted by atomic mass is 35.5. The quantitative estimate of drug-likeness (QED) is 0.546. The first-order valence-corrected chi connectivity index (χ1v) is 9.59. The molecular formula is C21H20ClN3S. The molecule has 0 amide bonds. The maximum atomic E-state index is 9.65. The van der Waals surface area contributed by atoms with Crippen LogP contribution in [0.2, 0.25) is 5.02 Å². The molecule has 1 heterocycles. The SMILES string of the molecule is CCCCCc1cc2c(cc1C#N)C(c1ccccc1Cl)=NCC(=S)N2. The minimum absolute atomic E-state index is 0.400. The van der Waals surface area contributed by atoms with Gasteiger partial charge in [0.05, 0.1) is 23.9 Å². The van der Waals surface area contributed by atoms with Crippen LogP contribution in [0.3, 0.4) is 0 Å². The third-order valence-electron chi connectivity index (χ3n) is 4.45. The van der Waals surface area contributed by atoms with Gasteiger partial charge in [-0.15, -0.1) is 0 Å². The first kappa shape index (κ1) is 18.6. The van der Waals surface area contributed by atoms with Crippen LogP contribution in [0.25, 0.3) is 0 Å². The van der Waals surface area contributed by atoms with E-state index in [2.05, 4.69) is 23.3 Å². The Morgan fingerprint density at radius 2 is 2.04 bits per heavy atom. The lowest BCUT2D eigenvalue weighted by Gasteiger charge is -2.15. The van der Waals surface area contributed by atoms with E-state index in [1.54, 1.807) is 0 Å². The standard InChI is InChI=1S/C21H20ClN3S/c1-2-3-4-7-14-11-19-17(10-15(14)12-23)21(24-13-20(26)25-19)16-8-5-6-9-18(16)22/h5-6,8-11H,2-4,7,13H2,1H3,(H,25,26). The van der Waals surface area contributed by atoms with Crippen LogP contribution >= 0.6 is 23.8 Å². The molecule has 0 bridgehead atoms. The van der Waals surface area contributed by atoms with E-state index < -0.39 is 0 Å². The molecule has 26 heavy (non-hydrogen) atoms. The smallest absolute Gasteiger partial charge is 0.102 e. The summed E-state index contributed by atoms with van der Waals surface area (Å²) in [6, 6.07) is 13.9. The molecule has 3 rings (SSSR count). The lowest BCUT2D eigenvalue weighted by molar-refractivity contribution is 0.717. The monoisotopic (exact) mass is 381 g/mol. The average molecular weight is 382 g/mol. The number of aryl methyl sites for hydroxylation is 1. The maximum Gasteiger partial charge on any atom is 0.102 e. The number of nitriles is 1. The predicted octanol–water partition coefficient (Wildman–Crippen LogP) is 5.53. The number of aliphatic imine (C=N–C) groups is 1. The van der Waals surface area contributed by atoms with Crippen LogP contribution < -0.4 is 5.32 Å². The van der Waals surface area contributed by atoms with Crippen molar-refractivity contribution in [1.29, 1.82) is 5.26 Å². The number of benzodiazepines with no additional fused rings is 1. The number of anilines is 1. The largest absolute Gasteiger partial charge is 0.348 e. The number of nitrogens with zero attached hydrogens (tertiary/aromatic N) is 2. The molecule has 1 aliphatic heterocycles. The zero-order chi connectivity index (χ0) is 18.5. The van der Waals surface area contributed by atoms with Gasteiger partial charge < -0.3 is 5.32 Å². The van der Waals surface area contributed by atoms with E-state index in [1.165, 1.54) is 0 Å². The molecule has 5 heteroatoms. The number of hydrogen-bond acceptors (Lipinski definition) is 3. The van der Waals surface area contributed by atoms with Crippen LogP contribution in [0.5, 0.6) is 0 Å². The average Bonchev–Trinajstić information content (AvgIpc) is 2.79. The maximum absolute atomic E-state index is 9.65. The Morgan fingerprint density at radius 3 is 2.77 bits per heavy atom. The van der Waals surface area contributed by atoms with Crippen molar-refractivity contribution in [3.8, 4) is 6.07 Å². The second-order valence-electron chi connectivity index (χ2n) is 6.32. The Kier molecular flexibility index (Phi) is 6.03. The van der Waals surface area contributed by atoms with Crippen molar-refractivity contribution >= 4 is 40.2 Å². The molecule has 0 saturated carbocycles. The summed E-state index contributed by atoms with van der Waals surface area (Å²) in [4.78, 5) is 5.34. The van der Waals surface area contributed by atoms with Crippen LogP contribution in [0, 0.1) is 11.3 Å². The third-order valence-corrected chi connectivity index (χ3v) is 5.01. The number of rotatable bonds is 5. The molecule has 0 aliphatic carbocycles. The summed E-state index contributed by atoms with van der Waals surface area (Å²) < 4.78 is 0. The van der Waals surface area contributed by atoms with Gasteiger partial charge in [-0.1, -0.05) is 61.8 Å². The molecule has 2 aromatic rings. The van der Waals surface area contributed by atoms with Gasteiger partial charge in [-0.25, -0.2) is 0 Å². The Bertz CT molecular complexity index is 912. The summed E-state index contributed by atoms with van der Waals surface area (Å²) in [5.74, 6) is 0. The predicted molar refractivity (Wildman–Crippen MR) is 113 cm³/mol. The number of hydrogen-bond donors (Lipinski definition) is 1. The van der Waals surface area contributed by atoms with E-state index in [9.17, 15) is 5.26 Å². The van der Waals surface area contributed by atoms with E-state index in [1.807, 2.05) is 36.4 Å². The van der Waals surface area contributed by atoms with Gasteiger partial charge in [-0.2, -0.15) is 5.26 Å². The van der Waals surface area contributed by atoms with Crippen molar-refractivity contribution in [3.63, 3.8) is 0 Å². The van der Waals surface area contributed by atoms with Gasteiger partial charge in [0, 0.05) is 21.8 Å². The second kappa shape index (κ2) is 8.44. The van der Waals surface area contributed by atoms with Crippen molar-refractivity contribution in [2.75, 3.05) is 11.9 Å². The summed E-state index contributed by atoms with van der Waals surface area (Å²) in [5.41, 5.74) is 5.13. The fourth-order valence-electron chi connectivity index (χ4n) is 3.13. The molecule has 0 saturated heterocycles. The van der Waals surface area contributed by atoms with Gasteiger partial charge in [0.25, 0.3) is 0 Å². The highest BCUT2D eigenvalue weighted by Crippen LogP contribution is 2.30. The van der Waals surface area contributed by atoms with Gasteiger partial charge in [0.15, 0.2) is 0 Å². The molecule has 0 spiro atoms. The first-order chi connectivity index (χ1) is 12.6. The Labute approximate surface area is 164 Å². The van der Waals surface area contributed by atoms with Crippen molar-refractivity contribution in [3.05, 3.63) is 63.7 Å². The molecule has 1 N–H and O–H groups in total. The Hall–Kier alpha value is -2.22. The van der Waals surface area contributed by atoms with Crippen molar-refractivity contribution in [2.45, 2.75) is 32.6 Å². The summed E-state index contributed by atoms with van der Waals surface area (Å²) in [7, 11) is 0. The van der Waals surface area contributed by atoms with Gasteiger partial charge in [-0.3, -0.25) is 4.99 Å². The Balaban J connectivity index is 2.11. The first-order valence-electron chi connectivity index (χ1n) is 8.80. The van der Waals surface area contributed by atoms with Gasteiger partial charge in [-0.05, 0) is 36.6 Å². The van der Waals surface area contributed by atoms with Crippen LogP contribution in [-0.2, 0) is 6.42 Å². The van der Waals surface area contributed by atoms with E-state index in [4.69, 9.17) is 23.8 Å². The van der Waals surface area contributed by atoms with Gasteiger partial charge in [0.1, 0.15) is 4.99 Å². The van der Waals surface area contributed by atoms with Crippen LogP contribution in [-0.4, -0.2) is 17.2 Å². The molecule has 0 radical (unpaired) electrons. The third kappa shape index (κ3) is 3.95. The zero-order valence-corrected chi connectivity index (χ0v) is 16.3. The molecule has 1 aliphatic rings. The lowest BCUT2D eigenvalue weighted by atomic mass is 9.93. The Morgan fingerprint density at radius 1 is 1.23 bits per heavy atom. The van der Waals surface area contributed by atoms with E-state index in [0.29, 0.717) is 22.1 Å². The summed E-state index contributed by atoms with van der Waals surface area (Å²) >= 11 is 11.8. The highest BCUT2D eigenvalue weighted by Gasteiger charge is 2.20. The van der Waals surface area contributed by atoms with E-state index >= 15 is 0 Å². The van der Waals surface area contributed by atoms with Crippen LogP contribution in [0.1, 0.15) is 48.4 Å². The lowest BCUT2D eigenvalue weighted by Crippen LogP contribution is -2.12. The molecule has 3 nitrogen and oxygen atoms in total. The normalized spacial score (nSPS) is 13.3. The molecule has 0 atom stereocenters. The number of nitrogens with one attached hydrogen (secondary N) is 1. The number of benzene rings is 2. The van der Waals surface area contributed by atoms with Gasteiger partial charge >= 0.3 is 0 Å². The van der Waals surface area contributed by atoms with E-state index in [0.717, 1.165) is 53.8 Å². The minimum atomic E-state index is 0.400. The summed E-state index contributed by atoms with van der Waals surface area (Å²) in [6.07, 6.45) is 4.26.